The molecule has 4 heterocycles. The highest BCUT2D eigenvalue weighted by Crippen LogP contribution is 2.33. The number of fused-ring (bicyclic) bond motifs is 2. The van der Waals surface area contributed by atoms with Gasteiger partial charge in [0.15, 0.2) is 0 Å². The van der Waals surface area contributed by atoms with E-state index in [0.29, 0.717) is 0 Å². The Kier molecular flexibility index (Phi) is 2.05. The van der Waals surface area contributed by atoms with Crippen molar-refractivity contribution in [3.8, 4) is 0 Å². The largest absolute Gasteiger partial charge is 0.304 e. The van der Waals surface area contributed by atoms with Gasteiger partial charge in [0, 0.05) is 11.4 Å². The Morgan fingerprint density at radius 1 is 1.47 bits per heavy atom. The van der Waals surface area contributed by atoms with Crippen molar-refractivity contribution in [2.45, 2.75) is 12.5 Å². The van der Waals surface area contributed by atoms with Gasteiger partial charge in [-0.1, -0.05) is 11.3 Å². The van der Waals surface area contributed by atoms with Crippen LogP contribution in [-0.4, -0.2) is 26.4 Å². The molecule has 3 aromatic rings. The molecule has 0 aliphatic carbocycles. The summed E-state index contributed by atoms with van der Waals surface area (Å²) in [6, 6.07) is 2.41. The van der Waals surface area contributed by atoms with Crippen molar-refractivity contribution in [1.82, 2.24) is 25.1 Å². The first-order valence-electron chi connectivity index (χ1n) is 5.38. The molecule has 0 spiro atoms. The molecule has 0 amide bonds. The van der Waals surface area contributed by atoms with Crippen molar-refractivity contribution in [1.29, 1.82) is 0 Å². The predicted octanol–water partition coefficient (Wildman–Crippen LogP) is 1.48. The molecule has 1 aliphatic rings. The highest BCUT2D eigenvalue weighted by molar-refractivity contribution is 7.16. The summed E-state index contributed by atoms with van der Waals surface area (Å²) in [5.74, 6) is 0. The molecule has 86 valence electrons. The van der Waals surface area contributed by atoms with Gasteiger partial charge in [0.2, 0.25) is 4.96 Å². The number of thiophene rings is 1. The molecule has 0 saturated carbocycles. The zero-order valence-electron chi connectivity index (χ0n) is 8.83. The van der Waals surface area contributed by atoms with Gasteiger partial charge in [-0.2, -0.15) is 9.61 Å². The van der Waals surface area contributed by atoms with Gasteiger partial charge in [0.25, 0.3) is 0 Å². The SMILES string of the molecule is c1cc2c(s1)CCNC2c1nn2cnnc2s1. The lowest BCUT2D eigenvalue weighted by Gasteiger charge is -2.21. The minimum absolute atomic E-state index is 0.219. The highest BCUT2D eigenvalue weighted by atomic mass is 32.1. The third kappa shape index (κ3) is 1.43. The fraction of sp³-hybridized carbons (Fsp3) is 0.300. The molecule has 1 atom stereocenters. The van der Waals surface area contributed by atoms with E-state index in [9.17, 15) is 0 Å². The molecular weight excluding hydrogens is 254 g/mol. The summed E-state index contributed by atoms with van der Waals surface area (Å²) in [5, 5.41) is 19.1. The van der Waals surface area contributed by atoms with Crippen LogP contribution in [0.5, 0.6) is 0 Å². The van der Waals surface area contributed by atoms with Gasteiger partial charge in [0.1, 0.15) is 11.3 Å². The van der Waals surface area contributed by atoms with Crippen LogP contribution in [0, 0.1) is 0 Å². The standard InChI is InChI=1S/C10H9N5S2/c1-3-11-8(6-2-4-16-7(1)6)9-14-15-5-12-13-10(15)17-9/h2,4-5,8,11H,1,3H2. The Labute approximate surface area is 105 Å². The molecule has 0 fully saturated rings. The Morgan fingerprint density at radius 3 is 3.41 bits per heavy atom. The van der Waals surface area contributed by atoms with Crippen molar-refractivity contribution in [2.75, 3.05) is 6.54 Å². The Balaban J connectivity index is 1.84. The first-order valence-corrected chi connectivity index (χ1v) is 7.08. The molecule has 7 heteroatoms. The molecule has 1 N–H and O–H groups in total. The van der Waals surface area contributed by atoms with Gasteiger partial charge >= 0.3 is 0 Å². The third-order valence-electron chi connectivity index (χ3n) is 2.94. The van der Waals surface area contributed by atoms with Crippen molar-refractivity contribution < 1.29 is 0 Å². The fourth-order valence-corrected chi connectivity index (χ4v) is 4.00. The van der Waals surface area contributed by atoms with Crippen molar-refractivity contribution in [2.24, 2.45) is 0 Å². The Hall–Kier alpha value is -1.31. The lowest BCUT2D eigenvalue weighted by Crippen LogP contribution is -2.29. The van der Waals surface area contributed by atoms with E-state index in [-0.39, 0.29) is 6.04 Å². The number of aromatic nitrogens is 4. The minimum Gasteiger partial charge on any atom is -0.304 e. The topological polar surface area (TPSA) is 55.1 Å². The second kappa shape index (κ2) is 3.59. The molecule has 0 aromatic carbocycles. The molecule has 4 rings (SSSR count). The molecule has 1 unspecified atom stereocenters. The molecule has 0 saturated heterocycles. The van der Waals surface area contributed by atoms with Crippen LogP contribution in [0.25, 0.3) is 4.96 Å². The number of nitrogens with one attached hydrogen (secondary N) is 1. The van der Waals surface area contributed by atoms with Crippen LogP contribution in [0.2, 0.25) is 0 Å². The first kappa shape index (κ1) is 9.69. The van der Waals surface area contributed by atoms with E-state index in [4.69, 9.17) is 0 Å². The second-order valence-electron chi connectivity index (χ2n) is 3.93. The zero-order chi connectivity index (χ0) is 11.2. The Morgan fingerprint density at radius 2 is 2.47 bits per heavy atom. The molecular formula is C10H9N5S2. The molecule has 5 nitrogen and oxygen atoms in total. The summed E-state index contributed by atoms with van der Waals surface area (Å²) in [5.41, 5.74) is 1.37. The van der Waals surface area contributed by atoms with Gasteiger partial charge in [-0.15, -0.1) is 21.5 Å². The molecule has 3 aromatic heterocycles. The number of hydrogen-bond acceptors (Lipinski definition) is 6. The molecule has 0 radical (unpaired) electrons. The number of rotatable bonds is 1. The summed E-state index contributed by atoms with van der Waals surface area (Å²) < 4.78 is 1.74. The van der Waals surface area contributed by atoms with Gasteiger partial charge in [-0.25, -0.2) is 0 Å². The average molecular weight is 263 g/mol. The van der Waals surface area contributed by atoms with Gasteiger partial charge in [-0.3, -0.25) is 0 Å². The van der Waals surface area contributed by atoms with E-state index < -0.39 is 0 Å². The van der Waals surface area contributed by atoms with Crippen molar-refractivity contribution >= 4 is 27.6 Å². The summed E-state index contributed by atoms with van der Waals surface area (Å²) >= 11 is 3.43. The van der Waals surface area contributed by atoms with Crippen LogP contribution in [0.1, 0.15) is 21.5 Å². The van der Waals surface area contributed by atoms with E-state index in [0.717, 1.165) is 22.9 Å². The number of hydrogen-bond donors (Lipinski definition) is 1. The van der Waals surface area contributed by atoms with Crippen molar-refractivity contribution in [3.05, 3.63) is 33.2 Å². The lowest BCUT2D eigenvalue weighted by atomic mass is 10.0. The zero-order valence-corrected chi connectivity index (χ0v) is 10.5. The maximum atomic E-state index is 4.53. The van der Waals surface area contributed by atoms with E-state index in [1.54, 1.807) is 22.2 Å². The van der Waals surface area contributed by atoms with Crippen LogP contribution in [0.3, 0.4) is 0 Å². The van der Waals surface area contributed by atoms with Gasteiger partial charge in [0.05, 0.1) is 6.04 Å². The smallest absolute Gasteiger partial charge is 0.234 e. The quantitative estimate of drug-likeness (QED) is 0.722. The van der Waals surface area contributed by atoms with E-state index in [2.05, 4.69) is 32.1 Å². The first-order chi connectivity index (χ1) is 8.42. The predicted molar refractivity (Wildman–Crippen MR) is 66.5 cm³/mol. The minimum atomic E-state index is 0.219. The van der Waals surface area contributed by atoms with Crippen LogP contribution in [-0.2, 0) is 6.42 Å². The lowest BCUT2D eigenvalue weighted by molar-refractivity contribution is 0.566. The normalized spacial score (nSPS) is 19.6. The van der Waals surface area contributed by atoms with Crippen LogP contribution in [0.15, 0.2) is 17.8 Å². The Bertz CT molecular complexity index is 638. The summed E-state index contributed by atoms with van der Waals surface area (Å²) in [7, 11) is 0. The second-order valence-corrected chi connectivity index (χ2v) is 5.92. The van der Waals surface area contributed by atoms with Crippen molar-refractivity contribution in [3.63, 3.8) is 0 Å². The van der Waals surface area contributed by atoms with Crippen LogP contribution < -0.4 is 5.32 Å². The van der Waals surface area contributed by atoms with Crippen LogP contribution >= 0.6 is 22.7 Å². The monoisotopic (exact) mass is 263 g/mol. The summed E-state index contributed by atoms with van der Waals surface area (Å²) in [6.45, 7) is 1.01. The average Bonchev–Trinajstić information content (AvgIpc) is 3.02. The van der Waals surface area contributed by atoms with Gasteiger partial charge in [-0.05, 0) is 23.4 Å². The molecule has 17 heavy (non-hydrogen) atoms. The maximum absolute atomic E-state index is 4.53. The maximum Gasteiger partial charge on any atom is 0.234 e. The molecule has 1 aliphatic heterocycles. The van der Waals surface area contributed by atoms with E-state index >= 15 is 0 Å². The summed E-state index contributed by atoms with van der Waals surface area (Å²) in [4.78, 5) is 2.32. The van der Waals surface area contributed by atoms with Gasteiger partial charge < -0.3 is 5.32 Å². The van der Waals surface area contributed by atoms with Crippen LogP contribution in [0.4, 0.5) is 0 Å². The van der Waals surface area contributed by atoms with E-state index in [1.807, 2.05) is 11.3 Å². The third-order valence-corrected chi connectivity index (χ3v) is 4.92. The highest BCUT2D eigenvalue weighted by Gasteiger charge is 2.25. The number of nitrogens with zero attached hydrogens (tertiary/aromatic N) is 4. The van der Waals surface area contributed by atoms with E-state index in [1.165, 1.54) is 10.4 Å². The molecule has 0 bridgehead atoms. The fourth-order valence-electron chi connectivity index (χ4n) is 2.16. The summed E-state index contributed by atoms with van der Waals surface area (Å²) in [6.07, 6.45) is 2.76.